The minimum atomic E-state index is -1.68. The fourth-order valence-corrected chi connectivity index (χ4v) is 3.40. The van der Waals surface area contributed by atoms with Gasteiger partial charge in [0.1, 0.15) is 11.5 Å². The zero-order valence-electron chi connectivity index (χ0n) is 16.0. The van der Waals surface area contributed by atoms with Crippen LogP contribution in [0.3, 0.4) is 0 Å². The van der Waals surface area contributed by atoms with Gasteiger partial charge in [0.05, 0.1) is 27.4 Å². The molecule has 0 amide bonds. The number of methoxy groups -OCH3 is 2. The number of benzene rings is 2. The van der Waals surface area contributed by atoms with E-state index in [1.807, 2.05) is 32.0 Å². The van der Waals surface area contributed by atoms with Crippen LogP contribution in [0.15, 0.2) is 48.5 Å². The summed E-state index contributed by atoms with van der Waals surface area (Å²) in [5, 5.41) is 0. The van der Waals surface area contributed by atoms with Crippen LogP contribution >= 0.6 is 8.60 Å². The summed E-state index contributed by atoms with van der Waals surface area (Å²) >= 11 is 0. The molecule has 0 radical (unpaired) electrons. The summed E-state index contributed by atoms with van der Waals surface area (Å²) in [7, 11) is 1.44. The summed E-state index contributed by atoms with van der Waals surface area (Å²) in [4.78, 5) is 13.2. The Balaban J connectivity index is 2.44. The van der Waals surface area contributed by atoms with E-state index in [1.165, 1.54) is 0 Å². The molecule has 0 aliphatic heterocycles. The first-order valence-corrected chi connectivity index (χ1v) is 9.77. The largest absolute Gasteiger partial charge is 0.497 e. The van der Waals surface area contributed by atoms with E-state index in [0.717, 1.165) is 0 Å². The first-order chi connectivity index (χ1) is 13.1. The van der Waals surface area contributed by atoms with Gasteiger partial charge in [0.25, 0.3) is 0 Å². The Morgan fingerprint density at radius 2 is 1.48 bits per heavy atom. The third-order valence-corrected chi connectivity index (χ3v) is 4.95. The van der Waals surface area contributed by atoms with E-state index in [0.29, 0.717) is 35.8 Å². The number of carbonyl (C=O) groups is 1. The molecule has 0 N–H and O–H groups in total. The first kappa shape index (κ1) is 21.3. The zero-order valence-corrected chi connectivity index (χ0v) is 16.9. The van der Waals surface area contributed by atoms with Crippen LogP contribution in [0.25, 0.3) is 0 Å². The Morgan fingerprint density at radius 1 is 0.926 bits per heavy atom. The van der Waals surface area contributed by atoms with Gasteiger partial charge in [-0.3, -0.25) is 9.32 Å². The van der Waals surface area contributed by atoms with Crippen molar-refractivity contribution in [3.63, 3.8) is 0 Å². The molecule has 0 aromatic heterocycles. The van der Waals surface area contributed by atoms with E-state index in [9.17, 15) is 4.79 Å². The van der Waals surface area contributed by atoms with Crippen molar-refractivity contribution in [2.24, 2.45) is 0 Å². The van der Waals surface area contributed by atoms with Crippen molar-refractivity contribution >= 4 is 14.4 Å². The number of Topliss-reactive ketones (excluding diaryl/α,β-unsaturated/α-hetero) is 1. The lowest BCUT2D eigenvalue weighted by Gasteiger charge is -2.23. The standard InChI is InChI=1S/C20H25O6P/c1-5-24-27(25-6-2)26-20(19(21)15-10-8-7-9-11-15)16-12-17(22-3)14-18(13-16)23-4/h7-14,20H,5-6H2,1-4H3. The predicted molar refractivity (Wildman–Crippen MR) is 104 cm³/mol. The maximum Gasteiger partial charge on any atom is 0.333 e. The maximum atomic E-state index is 13.2. The first-order valence-electron chi connectivity index (χ1n) is 8.67. The van der Waals surface area contributed by atoms with Crippen LogP contribution in [0.5, 0.6) is 11.5 Å². The van der Waals surface area contributed by atoms with Crippen molar-refractivity contribution in [3.05, 3.63) is 59.7 Å². The molecule has 0 fully saturated rings. The van der Waals surface area contributed by atoms with Crippen LogP contribution in [-0.2, 0) is 13.6 Å². The average Bonchev–Trinajstić information content (AvgIpc) is 2.71. The van der Waals surface area contributed by atoms with Gasteiger partial charge < -0.3 is 18.5 Å². The number of carbonyl (C=O) groups excluding carboxylic acids is 1. The Kier molecular flexibility index (Phi) is 8.69. The molecule has 2 rings (SSSR count). The molecule has 0 heterocycles. The molecular weight excluding hydrogens is 367 g/mol. The monoisotopic (exact) mass is 392 g/mol. The van der Waals surface area contributed by atoms with Gasteiger partial charge in [0, 0.05) is 11.6 Å². The molecule has 0 aliphatic carbocycles. The minimum absolute atomic E-state index is 0.196. The Morgan fingerprint density at radius 3 is 1.96 bits per heavy atom. The van der Waals surface area contributed by atoms with Gasteiger partial charge in [-0.15, -0.1) is 0 Å². The molecule has 146 valence electrons. The van der Waals surface area contributed by atoms with Crippen molar-refractivity contribution < 1.29 is 27.8 Å². The third kappa shape index (κ3) is 6.01. The van der Waals surface area contributed by atoms with E-state index in [-0.39, 0.29) is 5.78 Å². The molecule has 0 spiro atoms. The molecule has 1 atom stereocenters. The van der Waals surface area contributed by atoms with Crippen molar-refractivity contribution in [3.8, 4) is 11.5 Å². The average molecular weight is 392 g/mol. The van der Waals surface area contributed by atoms with Crippen LogP contribution in [-0.4, -0.2) is 33.2 Å². The SMILES string of the molecule is CCOP(OCC)OC(C(=O)c1ccccc1)c1cc(OC)cc(OC)c1. The van der Waals surface area contributed by atoms with Crippen LogP contribution in [0, 0.1) is 0 Å². The lowest BCUT2D eigenvalue weighted by Crippen LogP contribution is -2.16. The van der Waals surface area contributed by atoms with E-state index < -0.39 is 14.7 Å². The summed E-state index contributed by atoms with van der Waals surface area (Å²) in [5.41, 5.74) is 1.14. The second-order valence-electron chi connectivity index (χ2n) is 5.42. The molecule has 0 bridgehead atoms. The number of ketones is 1. The van der Waals surface area contributed by atoms with E-state index in [4.69, 9.17) is 23.0 Å². The highest BCUT2D eigenvalue weighted by Crippen LogP contribution is 2.46. The van der Waals surface area contributed by atoms with Gasteiger partial charge in [-0.2, -0.15) is 0 Å². The summed E-state index contributed by atoms with van der Waals surface area (Å²) in [6.45, 7) is 4.53. The molecular formula is C20H25O6P. The summed E-state index contributed by atoms with van der Waals surface area (Å²) in [6.07, 6.45) is -0.916. The summed E-state index contributed by atoms with van der Waals surface area (Å²) in [5.74, 6) is 0.935. The number of hydrogen-bond donors (Lipinski definition) is 0. The van der Waals surface area contributed by atoms with E-state index >= 15 is 0 Å². The lowest BCUT2D eigenvalue weighted by atomic mass is 9.99. The van der Waals surface area contributed by atoms with Gasteiger partial charge in [-0.1, -0.05) is 30.3 Å². The molecule has 2 aromatic rings. The van der Waals surface area contributed by atoms with Gasteiger partial charge in [-0.05, 0) is 31.5 Å². The fourth-order valence-electron chi connectivity index (χ4n) is 2.39. The molecule has 0 saturated heterocycles. The van der Waals surface area contributed by atoms with Crippen molar-refractivity contribution in [1.29, 1.82) is 0 Å². The van der Waals surface area contributed by atoms with Crippen LogP contribution < -0.4 is 9.47 Å². The molecule has 0 aliphatic rings. The van der Waals surface area contributed by atoms with Crippen LogP contribution in [0.4, 0.5) is 0 Å². The second kappa shape index (κ2) is 11.0. The number of hydrogen-bond acceptors (Lipinski definition) is 6. The van der Waals surface area contributed by atoms with E-state index in [2.05, 4.69) is 0 Å². The molecule has 27 heavy (non-hydrogen) atoms. The van der Waals surface area contributed by atoms with Crippen molar-refractivity contribution in [1.82, 2.24) is 0 Å². The topological polar surface area (TPSA) is 63.2 Å². The minimum Gasteiger partial charge on any atom is -0.497 e. The molecule has 6 nitrogen and oxygen atoms in total. The van der Waals surface area contributed by atoms with E-state index in [1.54, 1.807) is 44.6 Å². The fraction of sp³-hybridized carbons (Fsp3) is 0.350. The smallest absolute Gasteiger partial charge is 0.333 e. The maximum absolute atomic E-state index is 13.2. The Bertz CT molecular complexity index is 693. The Hall–Kier alpha value is -1.98. The second-order valence-corrected chi connectivity index (χ2v) is 6.60. The quantitative estimate of drug-likeness (QED) is 0.399. The zero-order chi connectivity index (χ0) is 19.6. The highest BCUT2D eigenvalue weighted by Gasteiger charge is 2.29. The predicted octanol–water partition coefficient (Wildman–Crippen LogP) is 4.94. The van der Waals surface area contributed by atoms with Gasteiger partial charge in [0.2, 0.25) is 0 Å². The highest BCUT2D eigenvalue weighted by molar-refractivity contribution is 7.41. The normalized spacial score (nSPS) is 12.0. The van der Waals surface area contributed by atoms with Crippen molar-refractivity contribution in [2.75, 3.05) is 27.4 Å². The van der Waals surface area contributed by atoms with Crippen molar-refractivity contribution in [2.45, 2.75) is 20.0 Å². The van der Waals surface area contributed by atoms with Crippen LogP contribution in [0.1, 0.15) is 35.9 Å². The van der Waals surface area contributed by atoms with Crippen LogP contribution in [0.2, 0.25) is 0 Å². The molecule has 0 saturated carbocycles. The molecule has 7 heteroatoms. The van der Waals surface area contributed by atoms with Gasteiger partial charge in [0.15, 0.2) is 11.9 Å². The van der Waals surface area contributed by atoms with Gasteiger partial charge in [-0.25, -0.2) is 0 Å². The summed E-state index contributed by atoms with van der Waals surface area (Å²) < 4.78 is 27.7. The van der Waals surface area contributed by atoms with Gasteiger partial charge >= 0.3 is 8.60 Å². The third-order valence-electron chi connectivity index (χ3n) is 3.63. The lowest BCUT2D eigenvalue weighted by molar-refractivity contribution is 0.0710. The Labute approximate surface area is 161 Å². The number of rotatable bonds is 11. The summed E-state index contributed by atoms with van der Waals surface area (Å²) in [6, 6.07) is 14.2. The molecule has 1 unspecified atom stereocenters. The highest BCUT2D eigenvalue weighted by atomic mass is 31.2. The molecule has 2 aromatic carbocycles. The number of ether oxygens (including phenoxy) is 2.